The predicted octanol–water partition coefficient (Wildman–Crippen LogP) is 6.00. The molecule has 0 fully saturated rings. The molecule has 1 aliphatic heterocycles. The number of hydrogen-bond acceptors (Lipinski definition) is 10. The second-order valence-electron chi connectivity index (χ2n) is 14.8. The number of ether oxygens (including phenoxy) is 5. The Kier molecular flexibility index (Phi) is 14.5. The first kappa shape index (κ1) is 43.5. The zero-order valence-corrected chi connectivity index (χ0v) is 33.8. The molecule has 0 saturated carbocycles. The van der Waals surface area contributed by atoms with Gasteiger partial charge in [0, 0.05) is 24.6 Å². The van der Waals surface area contributed by atoms with Gasteiger partial charge in [-0.3, -0.25) is 14.5 Å². The molecule has 3 N–H and O–H groups in total. The topological polar surface area (TPSA) is 171 Å². The van der Waals surface area contributed by atoms with Crippen molar-refractivity contribution < 1.29 is 52.0 Å². The lowest BCUT2D eigenvalue weighted by Gasteiger charge is -2.29. The highest BCUT2D eigenvalue weighted by atomic mass is 19.1. The number of likely N-dealkylation sites (N-methyl/N-ethyl adjacent to an activating group) is 1. The number of benzene rings is 4. The van der Waals surface area contributed by atoms with Crippen LogP contribution in [0.25, 0.3) is 11.1 Å². The van der Waals surface area contributed by atoms with E-state index in [9.17, 15) is 24.0 Å². The van der Waals surface area contributed by atoms with Gasteiger partial charge in [-0.15, -0.1) is 0 Å². The average Bonchev–Trinajstić information content (AvgIpc) is 3.20. The van der Waals surface area contributed by atoms with Gasteiger partial charge < -0.3 is 39.6 Å². The van der Waals surface area contributed by atoms with Gasteiger partial charge in [0.2, 0.25) is 11.8 Å². The Morgan fingerprint density at radius 1 is 0.847 bits per heavy atom. The molecule has 0 aromatic heterocycles. The van der Waals surface area contributed by atoms with E-state index in [0.29, 0.717) is 5.56 Å². The van der Waals surface area contributed by atoms with Gasteiger partial charge in [-0.05, 0) is 74.2 Å². The van der Waals surface area contributed by atoms with Crippen LogP contribution in [0.5, 0.6) is 11.5 Å². The number of amides is 4. The summed E-state index contributed by atoms with van der Waals surface area (Å²) in [6.45, 7) is 6.48. The lowest BCUT2D eigenvalue weighted by Crippen LogP contribution is -2.53. The molecule has 5 rings (SSSR count). The van der Waals surface area contributed by atoms with Crippen molar-refractivity contribution in [3.05, 3.63) is 119 Å². The molecule has 1 aliphatic rings. The zero-order valence-electron chi connectivity index (χ0n) is 33.8. The number of nitrogens with one attached hydrogen (secondary N) is 3. The fourth-order valence-corrected chi connectivity index (χ4v) is 6.23. The quantitative estimate of drug-likeness (QED) is 0.0927. The summed E-state index contributed by atoms with van der Waals surface area (Å²) in [6.07, 6.45) is -1.70. The van der Waals surface area contributed by atoms with Gasteiger partial charge in [0.05, 0.1) is 13.7 Å². The highest BCUT2D eigenvalue weighted by Gasteiger charge is 2.34. The summed E-state index contributed by atoms with van der Waals surface area (Å²) in [5.74, 6) is -3.07. The number of carbonyl (C=O) groups is 5. The molecule has 14 nitrogen and oxygen atoms in total. The number of nitrogens with zero attached hydrogens (tertiary/aromatic N) is 1. The molecule has 0 aliphatic carbocycles. The van der Waals surface area contributed by atoms with Crippen LogP contribution in [0.15, 0.2) is 91.0 Å². The molecule has 0 radical (unpaired) electrons. The molecule has 0 spiro atoms. The molecular weight excluding hydrogens is 763 g/mol. The maximum Gasteiger partial charge on any atom is 0.410 e. The summed E-state index contributed by atoms with van der Waals surface area (Å²) in [4.78, 5) is 67.8. The first-order valence-electron chi connectivity index (χ1n) is 19.0. The van der Waals surface area contributed by atoms with Crippen molar-refractivity contribution in [1.29, 1.82) is 0 Å². The van der Waals surface area contributed by atoms with Gasteiger partial charge in [-0.2, -0.15) is 0 Å². The predicted molar refractivity (Wildman–Crippen MR) is 215 cm³/mol. The monoisotopic (exact) mass is 812 g/mol. The van der Waals surface area contributed by atoms with Crippen LogP contribution in [0.4, 0.5) is 14.0 Å². The first-order valence-corrected chi connectivity index (χ1v) is 19.0. The van der Waals surface area contributed by atoms with Gasteiger partial charge in [0.1, 0.15) is 49.3 Å². The number of rotatable bonds is 11. The lowest BCUT2D eigenvalue weighted by molar-refractivity contribution is -0.145. The second kappa shape index (κ2) is 19.7. The van der Waals surface area contributed by atoms with E-state index in [1.807, 2.05) is 36.4 Å². The van der Waals surface area contributed by atoms with Gasteiger partial charge in [-0.1, -0.05) is 66.7 Å². The molecule has 3 atom stereocenters. The molecule has 0 unspecified atom stereocenters. The van der Waals surface area contributed by atoms with Crippen LogP contribution in [-0.2, 0) is 48.2 Å². The van der Waals surface area contributed by atoms with Crippen LogP contribution >= 0.6 is 0 Å². The fraction of sp³-hybridized carbons (Fsp3) is 0.341. The van der Waals surface area contributed by atoms with Crippen LogP contribution in [0.3, 0.4) is 0 Å². The Hall–Kier alpha value is -6.64. The summed E-state index contributed by atoms with van der Waals surface area (Å²) in [7, 11) is 2.53. The molecule has 59 heavy (non-hydrogen) atoms. The Balaban J connectivity index is 1.64. The van der Waals surface area contributed by atoms with Crippen molar-refractivity contribution in [2.45, 2.75) is 71.1 Å². The second-order valence-corrected chi connectivity index (χ2v) is 14.8. The minimum absolute atomic E-state index is 0.0282. The normalized spacial score (nSPS) is 16.6. The Labute approximate surface area is 342 Å². The Morgan fingerprint density at radius 2 is 1.51 bits per heavy atom. The summed E-state index contributed by atoms with van der Waals surface area (Å²) < 4.78 is 44.8. The number of fused-ring (bicyclic) bond motifs is 5. The van der Waals surface area contributed by atoms with Crippen LogP contribution in [0, 0.1) is 5.82 Å². The largest absolute Gasteiger partial charge is 0.491 e. The van der Waals surface area contributed by atoms with Gasteiger partial charge in [0.25, 0.3) is 0 Å². The van der Waals surface area contributed by atoms with E-state index in [0.717, 1.165) is 17.6 Å². The smallest absolute Gasteiger partial charge is 0.410 e. The molecule has 1 heterocycles. The van der Waals surface area contributed by atoms with Crippen molar-refractivity contribution in [1.82, 2.24) is 20.9 Å². The zero-order chi connectivity index (χ0) is 42.7. The standard InChI is InChI=1S/C44H49FN4O10/c1-27-39(50)48-35(41(52)55-6)23-30-21-33(38(34(45)22-30)57-25-28-13-9-7-10-14-28)32-24-31(17-18-36(32)56-20-19-46-42(53)59-44(2,3)4)37(40(51)47-27)49(5)43(54)58-26-29-15-11-8-12-16-29/h7-18,21-22,24,27,35,37H,19-20,23,25-26H2,1-6H3,(H,46,53)(H,47,51)(H,48,50)/t27-,35-,37-/m0/s1. The minimum atomic E-state index is -1.41. The number of halogens is 1. The Bertz CT molecular complexity index is 2130. The van der Waals surface area contributed by atoms with Crippen LogP contribution in [0.1, 0.15) is 56.0 Å². The molecule has 4 aromatic rings. The van der Waals surface area contributed by atoms with Crippen LogP contribution < -0.4 is 25.4 Å². The van der Waals surface area contributed by atoms with Crippen molar-refractivity contribution >= 4 is 30.0 Å². The summed E-state index contributed by atoms with van der Waals surface area (Å²) in [5, 5.41) is 7.90. The summed E-state index contributed by atoms with van der Waals surface area (Å²) in [6, 6.07) is 21.7. The average molecular weight is 813 g/mol. The minimum Gasteiger partial charge on any atom is -0.491 e. The molecule has 15 heteroatoms. The van der Waals surface area contributed by atoms with E-state index < -0.39 is 59.5 Å². The van der Waals surface area contributed by atoms with Crippen molar-refractivity contribution in [2.24, 2.45) is 0 Å². The number of carbonyl (C=O) groups excluding carboxylic acids is 5. The molecule has 4 bridgehead atoms. The highest BCUT2D eigenvalue weighted by molar-refractivity contribution is 5.94. The van der Waals surface area contributed by atoms with Gasteiger partial charge in [-0.25, -0.2) is 18.8 Å². The number of methoxy groups -OCH3 is 1. The van der Waals surface area contributed by atoms with E-state index in [1.54, 1.807) is 69.3 Å². The third-order valence-electron chi connectivity index (χ3n) is 9.09. The van der Waals surface area contributed by atoms with Crippen molar-refractivity contribution in [3.8, 4) is 22.6 Å². The van der Waals surface area contributed by atoms with Crippen LogP contribution in [0.2, 0.25) is 0 Å². The van der Waals surface area contributed by atoms with Crippen molar-refractivity contribution in [2.75, 3.05) is 27.3 Å². The van der Waals surface area contributed by atoms with E-state index in [-0.39, 0.29) is 66.5 Å². The van der Waals surface area contributed by atoms with Gasteiger partial charge >= 0.3 is 18.2 Å². The van der Waals surface area contributed by atoms with Crippen molar-refractivity contribution in [3.63, 3.8) is 0 Å². The third kappa shape index (κ3) is 11.9. The molecular formula is C44H49FN4O10. The summed E-state index contributed by atoms with van der Waals surface area (Å²) >= 11 is 0. The van der Waals surface area contributed by atoms with E-state index in [1.165, 1.54) is 20.0 Å². The number of alkyl carbamates (subject to hydrolysis) is 1. The molecule has 312 valence electrons. The van der Waals surface area contributed by atoms with E-state index in [2.05, 4.69) is 16.0 Å². The molecule has 4 aromatic carbocycles. The van der Waals surface area contributed by atoms with E-state index in [4.69, 9.17) is 23.7 Å². The van der Waals surface area contributed by atoms with Crippen LogP contribution in [-0.4, -0.2) is 79.9 Å². The molecule has 0 saturated heterocycles. The van der Waals surface area contributed by atoms with Gasteiger partial charge in [0.15, 0.2) is 11.6 Å². The molecule has 4 amide bonds. The Morgan fingerprint density at radius 3 is 2.15 bits per heavy atom. The third-order valence-corrected chi connectivity index (χ3v) is 9.09. The highest BCUT2D eigenvalue weighted by Crippen LogP contribution is 2.42. The maximum atomic E-state index is 16.5. The number of esters is 1. The summed E-state index contributed by atoms with van der Waals surface area (Å²) in [5.41, 5.74) is 1.68. The SMILES string of the molecule is COC(=O)[C@@H]1Cc2cc(F)c(OCc3ccccc3)c(c2)-c2cc(ccc2OCCNC(=O)OC(C)(C)C)[C@H](N(C)C(=O)OCc2ccccc2)C(=O)N[C@@H](C)C(=O)N1. The number of hydrogen-bond donors (Lipinski definition) is 3. The lowest BCUT2D eigenvalue weighted by atomic mass is 9.93. The fourth-order valence-electron chi connectivity index (χ4n) is 6.23. The first-order chi connectivity index (χ1) is 28.1. The maximum absolute atomic E-state index is 16.5. The van der Waals surface area contributed by atoms with E-state index >= 15 is 4.39 Å².